The highest BCUT2D eigenvalue weighted by atomic mass is 32.2. The van der Waals surface area contributed by atoms with Gasteiger partial charge in [-0.15, -0.1) is 11.8 Å². The number of sulfone groups is 1. The Bertz CT molecular complexity index is 913. The Morgan fingerprint density at radius 2 is 1.89 bits per heavy atom. The van der Waals surface area contributed by atoms with Crippen LogP contribution in [-0.4, -0.2) is 32.1 Å². The molecular formula is C21H27NO3S2. The van der Waals surface area contributed by atoms with Gasteiger partial charge in [-0.1, -0.05) is 38.5 Å². The zero-order valence-electron chi connectivity index (χ0n) is 16.1. The molecule has 0 bridgehead atoms. The minimum absolute atomic E-state index is 0.0253. The maximum absolute atomic E-state index is 13.3. The fraction of sp³-hybridized carbons (Fsp3) is 0.429. The summed E-state index contributed by atoms with van der Waals surface area (Å²) in [6, 6.07) is 13.2. The molecule has 2 aromatic rings. The van der Waals surface area contributed by atoms with E-state index in [0.29, 0.717) is 17.1 Å². The first-order valence-corrected chi connectivity index (χ1v) is 12.2. The number of para-hydroxylation sites is 1. The summed E-state index contributed by atoms with van der Waals surface area (Å²) in [6.07, 6.45) is 4.46. The maximum atomic E-state index is 13.3. The number of anilines is 2. The van der Waals surface area contributed by atoms with Crippen molar-refractivity contribution in [3.8, 4) is 5.75 Å². The minimum atomic E-state index is -3.52. The highest BCUT2D eigenvalue weighted by Gasteiger charge is 2.41. The van der Waals surface area contributed by atoms with Crippen LogP contribution in [0.25, 0.3) is 0 Å². The fourth-order valence-corrected chi connectivity index (χ4v) is 6.70. The summed E-state index contributed by atoms with van der Waals surface area (Å²) in [7, 11) is -3.52. The number of hydrogen-bond donors (Lipinski definition) is 1. The third-order valence-corrected chi connectivity index (χ3v) is 8.23. The van der Waals surface area contributed by atoms with Crippen molar-refractivity contribution in [3.63, 3.8) is 0 Å². The van der Waals surface area contributed by atoms with Crippen molar-refractivity contribution >= 4 is 33.0 Å². The van der Waals surface area contributed by atoms with E-state index >= 15 is 0 Å². The molecule has 1 N–H and O–H groups in total. The average molecular weight is 406 g/mol. The number of hydrogen-bond acceptors (Lipinski definition) is 5. The zero-order valence-corrected chi connectivity index (χ0v) is 17.7. The van der Waals surface area contributed by atoms with E-state index in [0.717, 1.165) is 24.9 Å². The van der Waals surface area contributed by atoms with Crippen molar-refractivity contribution in [3.05, 3.63) is 42.5 Å². The highest BCUT2D eigenvalue weighted by molar-refractivity contribution is 7.98. The number of fused-ring (bicyclic) bond motifs is 1. The monoisotopic (exact) mass is 405 g/mol. The molecule has 2 aromatic carbocycles. The van der Waals surface area contributed by atoms with E-state index in [1.807, 2.05) is 42.7 Å². The first kappa shape index (κ1) is 20.1. The normalized spacial score (nSPS) is 21.5. The van der Waals surface area contributed by atoms with Gasteiger partial charge in [-0.05, 0) is 37.3 Å². The fourth-order valence-electron chi connectivity index (χ4n) is 4.02. The van der Waals surface area contributed by atoms with Crippen molar-refractivity contribution in [2.45, 2.75) is 42.9 Å². The molecule has 6 heteroatoms. The summed E-state index contributed by atoms with van der Waals surface area (Å²) >= 11 is 1.42. The molecular weight excluding hydrogens is 378 g/mol. The van der Waals surface area contributed by atoms with Gasteiger partial charge in [0.1, 0.15) is 5.75 Å². The molecule has 27 heavy (non-hydrogen) atoms. The van der Waals surface area contributed by atoms with Gasteiger partial charge < -0.3 is 10.0 Å². The summed E-state index contributed by atoms with van der Waals surface area (Å²) in [5.41, 5.74) is 1.31. The number of phenolic OH excluding ortho intramolecular Hbond substituents is 1. The first-order chi connectivity index (χ1) is 12.9. The number of benzene rings is 2. The molecule has 1 aliphatic heterocycles. The van der Waals surface area contributed by atoms with Gasteiger partial charge in [-0.3, -0.25) is 0 Å². The predicted molar refractivity (Wildman–Crippen MR) is 113 cm³/mol. The topological polar surface area (TPSA) is 57.6 Å². The second kappa shape index (κ2) is 7.76. The van der Waals surface area contributed by atoms with Crippen LogP contribution in [0, 0.1) is 5.41 Å². The molecule has 146 valence electrons. The summed E-state index contributed by atoms with van der Waals surface area (Å²) in [5.74, 6) is 0.135. The van der Waals surface area contributed by atoms with Gasteiger partial charge in [0.15, 0.2) is 9.84 Å². The Labute approximate surface area is 166 Å². The second-order valence-corrected chi connectivity index (χ2v) is 10.1. The lowest BCUT2D eigenvalue weighted by Gasteiger charge is -2.36. The van der Waals surface area contributed by atoms with Crippen LogP contribution in [0.15, 0.2) is 52.3 Å². The van der Waals surface area contributed by atoms with Crippen LogP contribution < -0.4 is 4.90 Å². The van der Waals surface area contributed by atoms with Crippen molar-refractivity contribution in [2.24, 2.45) is 5.41 Å². The van der Waals surface area contributed by atoms with Crippen LogP contribution >= 0.6 is 11.8 Å². The second-order valence-electron chi connectivity index (χ2n) is 7.28. The van der Waals surface area contributed by atoms with Crippen LogP contribution in [0.5, 0.6) is 5.75 Å². The lowest BCUT2D eigenvalue weighted by atomic mass is 9.82. The molecule has 0 spiro atoms. The van der Waals surface area contributed by atoms with Crippen LogP contribution in [0.2, 0.25) is 0 Å². The number of thioether (sulfide) groups is 1. The third kappa shape index (κ3) is 3.83. The number of aromatic hydroxyl groups is 1. The van der Waals surface area contributed by atoms with Crippen LogP contribution in [0.4, 0.5) is 11.4 Å². The van der Waals surface area contributed by atoms with E-state index < -0.39 is 9.84 Å². The van der Waals surface area contributed by atoms with Crippen molar-refractivity contribution in [1.82, 2.24) is 0 Å². The third-order valence-electron chi connectivity index (χ3n) is 5.47. The van der Waals surface area contributed by atoms with Crippen LogP contribution in [0.1, 0.15) is 33.1 Å². The minimum Gasteiger partial charge on any atom is -0.507 e. The summed E-state index contributed by atoms with van der Waals surface area (Å²) in [5, 5.41) is 10.3. The lowest BCUT2D eigenvalue weighted by Crippen LogP contribution is -2.37. The Morgan fingerprint density at radius 1 is 1.19 bits per heavy atom. The molecule has 1 atom stereocenters. The molecule has 0 fully saturated rings. The SMILES string of the molecule is CCCC1(CC)CN(c2ccccc2)c2cc(SC)c(O)cc2S(=O)(=O)C1. The molecule has 4 nitrogen and oxygen atoms in total. The van der Waals surface area contributed by atoms with E-state index in [-0.39, 0.29) is 21.8 Å². The zero-order chi connectivity index (χ0) is 19.7. The molecule has 0 amide bonds. The summed E-state index contributed by atoms with van der Waals surface area (Å²) in [6.45, 7) is 4.83. The molecule has 0 radical (unpaired) electrons. The van der Waals surface area contributed by atoms with E-state index in [2.05, 4.69) is 18.7 Å². The predicted octanol–water partition coefficient (Wildman–Crippen LogP) is 5.24. The van der Waals surface area contributed by atoms with Gasteiger partial charge in [0.2, 0.25) is 0 Å². The molecule has 1 heterocycles. The summed E-state index contributed by atoms with van der Waals surface area (Å²) < 4.78 is 26.7. The molecule has 3 rings (SSSR count). The van der Waals surface area contributed by atoms with Gasteiger partial charge in [-0.25, -0.2) is 8.42 Å². The van der Waals surface area contributed by atoms with Gasteiger partial charge in [0.25, 0.3) is 0 Å². The summed E-state index contributed by atoms with van der Waals surface area (Å²) in [4.78, 5) is 3.04. The van der Waals surface area contributed by atoms with Crippen LogP contribution in [0.3, 0.4) is 0 Å². The largest absolute Gasteiger partial charge is 0.507 e. The van der Waals surface area contributed by atoms with Gasteiger partial charge in [-0.2, -0.15) is 0 Å². The molecule has 0 aromatic heterocycles. The maximum Gasteiger partial charge on any atom is 0.181 e. The Hall–Kier alpha value is -1.66. The van der Waals surface area contributed by atoms with Crippen molar-refractivity contribution in [2.75, 3.05) is 23.5 Å². The van der Waals surface area contributed by atoms with Crippen molar-refractivity contribution in [1.29, 1.82) is 0 Å². The number of nitrogens with zero attached hydrogens (tertiary/aromatic N) is 1. The Balaban J connectivity index is 2.29. The van der Waals surface area contributed by atoms with E-state index in [4.69, 9.17) is 0 Å². The van der Waals surface area contributed by atoms with E-state index in [1.54, 1.807) is 0 Å². The lowest BCUT2D eigenvalue weighted by molar-refractivity contribution is 0.296. The molecule has 0 aliphatic carbocycles. The number of phenols is 1. The highest BCUT2D eigenvalue weighted by Crippen LogP contribution is 2.46. The van der Waals surface area contributed by atoms with Gasteiger partial charge >= 0.3 is 0 Å². The molecule has 0 saturated carbocycles. The average Bonchev–Trinajstić information content (AvgIpc) is 2.75. The van der Waals surface area contributed by atoms with Crippen molar-refractivity contribution < 1.29 is 13.5 Å². The Kier molecular flexibility index (Phi) is 5.77. The van der Waals surface area contributed by atoms with Gasteiger partial charge in [0.05, 0.1) is 21.2 Å². The quantitative estimate of drug-likeness (QED) is 0.690. The van der Waals surface area contributed by atoms with E-state index in [1.165, 1.54) is 17.8 Å². The number of rotatable bonds is 5. The first-order valence-electron chi connectivity index (χ1n) is 9.32. The standard InChI is InChI=1S/C21H27NO3S2/c1-4-11-21(5-2)14-22(16-9-7-6-8-10-16)17-12-19(26-3)18(23)13-20(17)27(24,25)15-21/h6-10,12-13,23H,4-5,11,14-15H2,1-3H3. The Morgan fingerprint density at radius 3 is 2.48 bits per heavy atom. The van der Waals surface area contributed by atoms with Gasteiger partial charge in [0, 0.05) is 23.7 Å². The molecule has 1 unspecified atom stereocenters. The molecule has 0 saturated heterocycles. The van der Waals surface area contributed by atoms with E-state index in [9.17, 15) is 13.5 Å². The molecule has 1 aliphatic rings. The van der Waals surface area contributed by atoms with Crippen LogP contribution in [-0.2, 0) is 9.84 Å². The smallest absolute Gasteiger partial charge is 0.181 e.